The van der Waals surface area contributed by atoms with Crippen molar-refractivity contribution in [1.82, 2.24) is 0 Å². The van der Waals surface area contributed by atoms with Crippen molar-refractivity contribution in [3.05, 3.63) is 48.5 Å². The Morgan fingerprint density at radius 3 is 1.80 bits per heavy atom. The van der Waals surface area contributed by atoms with E-state index in [0.29, 0.717) is 29.5 Å². The fourth-order valence-corrected chi connectivity index (χ4v) is 4.06. The zero-order valence-corrected chi connectivity index (χ0v) is 17.0. The summed E-state index contributed by atoms with van der Waals surface area (Å²) in [4.78, 5) is 0. The maximum atomic E-state index is 12.8. The van der Waals surface area contributed by atoms with Crippen LogP contribution < -0.4 is 10.6 Å². The standard InChI is InChI=1S/2C9H12F2P.Fe/c2*10-6-5-8(11)7-12-9-3-1-2-4-9;/h2*1-4,8,12H,5-7H2;/q-5;-1;. The van der Waals surface area contributed by atoms with Crippen LogP contribution in [0.4, 0.5) is 17.6 Å². The van der Waals surface area contributed by atoms with Crippen molar-refractivity contribution in [1.29, 1.82) is 0 Å². The van der Waals surface area contributed by atoms with Gasteiger partial charge < -0.3 is 38.2 Å². The summed E-state index contributed by atoms with van der Waals surface area (Å²) in [5.74, 6) is 0. The van der Waals surface area contributed by atoms with Gasteiger partial charge in [0.25, 0.3) is 0 Å². The number of halogens is 4. The minimum atomic E-state index is -0.969. The second kappa shape index (κ2) is 16.0. The van der Waals surface area contributed by atoms with Crippen molar-refractivity contribution in [3.8, 4) is 0 Å². The molecule has 0 spiro atoms. The predicted octanol–water partition coefficient (Wildman–Crippen LogP) is 4.81. The van der Waals surface area contributed by atoms with E-state index in [9.17, 15) is 17.6 Å². The van der Waals surface area contributed by atoms with E-state index < -0.39 is 25.7 Å². The van der Waals surface area contributed by atoms with Gasteiger partial charge in [0.15, 0.2) is 0 Å². The predicted molar refractivity (Wildman–Crippen MR) is 101 cm³/mol. The van der Waals surface area contributed by atoms with Gasteiger partial charge in [-0.05, 0) is 12.3 Å². The van der Waals surface area contributed by atoms with Crippen LogP contribution in [0, 0.1) is 0 Å². The third-order valence-electron chi connectivity index (χ3n) is 3.23. The SMILES string of the molecule is FCCC(F)CP[c-]1[cH-][cH-][cH-][cH-]1.FCCC(F)CP[c-]1cccc1.[Fe]. The summed E-state index contributed by atoms with van der Waals surface area (Å²) in [6.07, 6.45) is -0.907. The average molecular weight is 434 g/mol. The van der Waals surface area contributed by atoms with Gasteiger partial charge in [0.2, 0.25) is 0 Å². The van der Waals surface area contributed by atoms with Crippen molar-refractivity contribution < 1.29 is 34.6 Å². The molecule has 0 bridgehead atoms. The normalized spacial score (nSPS) is 13.6. The summed E-state index contributed by atoms with van der Waals surface area (Å²) in [5, 5.41) is 2.33. The Bertz CT molecular complexity index is 445. The van der Waals surface area contributed by atoms with Crippen molar-refractivity contribution in [2.45, 2.75) is 25.2 Å². The van der Waals surface area contributed by atoms with E-state index in [-0.39, 0.29) is 29.9 Å². The third kappa shape index (κ3) is 12.7. The first-order valence-electron chi connectivity index (χ1n) is 7.97. The van der Waals surface area contributed by atoms with Crippen LogP contribution in [0.5, 0.6) is 0 Å². The molecule has 4 unspecified atom stereocenters. The fourth-order valence-electron chi connectivity index (χ4n) is 1.88. The number of hydrogen-bond donors (Lipinski definition) is 0. The van der Waals surface area contributed by atoms with Crippen LogP contribution in [0.15, 0.2) is 48.5 Å². The van der Waals surface area contributed by atoms with Gasteiger partial charge >= 0.3 is 0 Å². The van der Waals surface area contributed by atoms with Crippen molar-refractivity contribution >= 4 is 27.8 Å². The van der Waals surface area contributed by atoms with Crippen LogP contribution in [0.3, 0.4) is 0 Å². The molecule has 4 atom stereocenters. The molecule has 7 heteroatoms. The molecule has 0 fully saturated rings. The Balaban J connectivity index is 0.000000443. The molecule has 0 amide bonds. The molecule has 0 heterocycles. The number of hydrogen-bond acceptors (Lipinski definition) is 0. The fraction of sp³-hybridized carbons (Fsp3) is 0.444. The summed E-state index contributed by atoms with van der Waals surface area (Å²) >= 11 is 0. The zero-order valence-electron chi connectivity index (χ0n) is 13.9. The molecule has 25 heavy (non-hydrogen) atoms. The van der Waals surface area contributed by atoms with Crippen LogP contribution in [0.1, 0.15) is 12.8 Å². The molecule has 0 saturated carbocycles. The molecule has 0 aromatic heterocycles. The molecule has 0 aliphatic heterocycles. The smallest absolute Gasteiger partial charge is 0.106 e. The third-order valence-corrected chi connectivity index (χ3v) is 6.00. The van der Waals surface area contributed by atoms with Gasteiger partial charge in [0.1, 0.15) is 12.3 Å². The van der Waals surface area contributed by atoms with Gasteiger partial charge in [-0.3, -0.25) is 8.78 Å². The summed E-state index contributed by atoms with van der Waals surface area (Å²) in [5.41, 5.74) is 0. The first-order valence-corrected chi connectivity index (χ1v) is 10.4. The zero-order chi connectivity index (χ0) is 17.6. The van der Waals surface area contributed by atoms with Gasteiger partial charge in [-0.2, -0.15) is 12.1 Å². The molecule has 148 valence electrons. The maximum absolute atomic E-state index is 12.8. The Kier molecular flexibility index (Phi) is 15.9. The Labute approximate surface area is 161 Å². The topological polar surface area (TPSA) is 0 Å². The molecule has 0 N–H and O–H groups in total. The van der Waals surface area contributed by atoms with E-state index in [4.69, 9.17) is 0 Å². The first-order chi connectivity index (χ1) is 11.7. The van der Waals surface area contributed by atoms with Crippen LogP contribution in [-0.2, 0) is 17.1 Å². The largest absolute Gasteiger partial charge is 0.747 e. The van der Waals surface area contributed by atoms with Gasteiger partial charge in [-0.25, -0.2) is 20.9 Å². The molecule has 0 aliphatic carbocycles. The molecule has 0 nitrogen and oxygen atoms in total. The van der Waals surface area contributed by atoms with E-state index in [1.165, 1.54) is 0 Å². The summed E-state index contributed by atoms with van der Waals surface area (Å²) in [7, 11) is 0.955. The van der Waals surface area contributed by atoms with E-state index >= 15 is 0 Å². The van der Waals surface area contributed by atoms with E-state index in [1.54, 1.807) is 0 Å². The van der Waals surface area contributed by atoms with Gasteiger partial charge in [-0.1, -0.05) is 0 Å². The number of rotatable bonds is 10. The van der Waals surface area contributed by atoms with Crippen LogP contribution in [0.25, 0.3) is 0 Å². The van der Waals surface area contributed by atoms with Gasteiger partial charge in [0.05, 0.1) is 13.3 Å². The van der Waals surface area contributed by atoms with E-state index in [0.717, 1.165) is 10.6 Å². The molecular formula is C18H24F4FeP2-6. The summed E-state index contributed by atoms with van der Waals surface area (Å²) in [6, 6.07) is 15.6. The molecule has 0 saturated heterocycles. The van der Waals surface area contributed by atoms with E-state index in [1.807, 2.05) is 48.5 Å². The molecule has 2 aromatic rings. The maximum Gasteiger partial charge on any atom is 0.106 e. The molecule has 0 radical (unpaired) electrons. The van der Waals surface area contributed by atoms with Crippen molar-refractivity contribution in [2.24, 2.45) is 0 Å². The Morgan fingerprint density at radius 1 is 0.840 bits per heavy atom. The molecular weight excluding hydrogens is 410 g/mol. The number of alkyl halides is 4. The first kappa shape index (κ1) is 24.8. The van der Waals surface area contributed by atoms with Crippen LogP contribution in [-0.4, -0.2) is 38.0 Å². The monoisotopic (exact) mass is 434 g/mol. The summed E-state index contributed by atoms with van der Waals surface area (Å²) in [6.45, 7) is -1.10. The van der Waals surface area contributed by atoms with Crippen LogP contribution >= 0.6 is 17.2 Å². The second-order valence-electron chi connectivity index (χ2n) is 5.26. The van der Waals surface area contributed by atoms with E-state index in [2.05, 4.69) is 0 Å². The summed E-state index contributed by atoms with van der Waals surface area (Å²) < 4.78 is 48.9. The quantitative estimate of drug-likeness (QED) is 0.218. The van der Waals surface area contributed by atoms with Crippen molar-refractivity contribution in [3.63, 3.8) is 0 Å². The van der Waals surface area contributed by atoms with Gasteiger partial charge in [0, 0.05) is 29.9 Å². The minimum absolute atomic E-state index is 0. The molecule has 0 aliphatic rings. The molecule has 2 aromatic carbocycles. The van der Waals surface area contributed by atoms with Gasteiger partial charge in [-0.15, -0.1) is 13.9 Å². The minimum Gasteiger partial charge on any atom is -0.747 e. The second-order valence-corrected chi connectivity index (χ2v) is 7.94. The average Bonchev–Trinajstić information content (AvgIpc) is 3.26. The van der Waals surface area contributed by atoms with Crippen molar-refractivity contribution in [2.75, 3.05) is 25.7 Å². The Morgan fingerprint density at radius 2 is 1.32 bits per heavy atom. The molecule has 2 rings (SSSR count). The Hall–Kier alpha value is -0.201. The van der Waals surface area contributed by atoms with Crippen LogP contribution in [0.2, 0.25) is 0 Å².